The highest BCUT2D eigenvalue weighted by molar-refractivity contribution is 9.09. The largest absolute Gasteiger partial charge is 0.455 e. The highest BCUT2D eigenvalue weighted by Crippen LogP contribution is 2.61. The first-order valence-electron chi connectivity index (χ1n) is 18.7. The van der Waals surface area contributed by atoms with Gasteiger partial charge in [-0.05, 0) is 61.8 Å². The number of nitrogens with zero attached hydrogens (tertiary/aromatic N) is 2. The minimum absolute atomic E-state index is 0.0416. The van der Waals surface area contributed by atoms with Gasteiger partial charge in [0.2, 0.25) is 11.8 Å². The number of esters is 1. The molecule has 2 aromatic rings. The summed E-state index contributed by atoms with van der Waals surface area (Å²) in [7, 11) is 1.50. The van der Waals surface area contributed by atoms with Crippen LogP contribution in [0, 0.1) is 31.6 Å². The molecule has 2 aromatic carbocycles. The van der Waals surface area contributed by atoms with E-state index < -0.39 is 59.6 Å². The Hall–Kier alpha value is -3.84. The van der Waals surface area contributed by atoms with Gasteiger partial charge in [0.15, 0.2) is 0 Å². The Morgan fingerprint density at radius 1 is 1.15 bits per heavy atom. The molecule has 2 N–H and O–H groups in total. The van der Waals surface area contributed by atoms with Gasteiger partial charge in [-0.1, -0.05) is 84.4 Å². The third-order valence-electron chi connectivity index (χ3n) is 10.8. The molecule has 3 heterocycles. The van der Waals surface area contributed by atoms with Crippen LogP contribution in [0.4, 0.5) is 5.69 Å². The van der Waals surface area contributed by atoms with Crippen molar-refractivity contribution in [2.75, 3.05) is 31.8 Å². The molecule has 1 unspecified atom stereocenters. The number of carbonyl (C=O) groups excluding carboxylic acids is 4. The van der Waals surface area contributed by atoms with E-state index in [1.54, 1.807) is 29.2 Å². The highest BCUT2D eigenvalue weighted by Gasteiger charge is 2.77. The predicted octanol–water partition coefficient (Wildman–Crippen LogP) is 5.36. The number of carbonyl (C=O) groups is 4. The minimum Gasteiger partial charge on any atom is -0.455 e. The summed E-state index contributed by atoms with van der Waals surface area (Å²) in [5, 5.41) is 13.8. The maximum Gasteiger partial charge on any atom is 0.313 e. The normalized spacial score (nSPS) is 25.9. The Balaban J connectivity index is 1.58. The van der Waals surface area contributed by atoms with Crippen molar-refractivity contribution in [3.8, 4) is 0 Å². The summed E-state index contributed by atoms with van der Waals surface area (Å²) in [5.74, 6) is -3.82. The number of amides is 3. The number of nitrogens with one attached hydrogen (secondary N) is 1. The van der Waals surface area contributed by atoms with Gasteiger partial charge in [-0.15, -0.1) is 13.2 Å². The lowest BCUT2D eigenvalue weighted by molar-refractivity contribution is -0.163. The van der Waals surface area contributed by atoms with Crippen molar-refractivity contribution in [1.29, 1.82) is 0 Å². The van der Waals surface area contributed by atoms with Crippen LogP contribution in [-0.4, -0.2) is 95.2 Å². The van der Waals surface area contributed by atoms with Crippen molar-refractivity contribution in [2.45, 2.75) is 94.1 Å². The molecule has 11 nitrogen and oxygen atoms in total. The lowest BCUT2D eigenvalue weighted by atomic mass is 9.70. The summed E-state index contributed by atoms with van der Waals surface area (Å²) >= 11 is 3.76. The topological polar surface area (TPSA) is 135 Å². The van der Waals surface area contributed by atoms with Gasteiger partial charge in [-0.2, -0.15) is 0 Å². The maximum absolute atomic E-state index is 15.2. The first-order valence-corrected chi connectivity index (χ1v) is 19.6. The number of rotatable bonds is 18. The number of aliphatic hydroxyl groups excluding tert-OH is 1. The van der Waals surface area contributed by atoms with Crippen molar-refractivity contribution < 1.29 is 38.5 Å². The Labute approximate surface area is 327 Å². The van der Waals surface area contributed by atoms with Gasteiger partial charge in [-0.25, -0.2) is 0 Å². The molecule has 3 aliphatic rings. The van der Waals surface area contributed by atoms with E-state index in [0.717, 1.165) is 11.1 Å². The standard InChI is InChI=1S/C42H54BrN3O8/c1-8-10-16-33(48)44-31(24-52-7)36(28-14-12-11-13-15-28)53-41(51)34-35-39(49)46(29(23-47)20-25(3)4)38(42(35)22-30(43)37(34)54-42)40(50)45(19-9-2)32-21-26(5)17-18-27(32)6/h8-9,11-15,17-18,21,25,29-31,34-38,47H,1-2,10,16,19-20,22-24H2,3-7H3,(H,44,48)/t29-,30?,31-,34+,35-,36-,37+,38+,42-/m1/s1. The molecule has 12 heteroatoms. The van der Waals surface area contributed by atoms with Gasteiger partial charge in [0.1, 0.15) is 17.7 Å². The summed E-state index contributed by atoms with van der Waals surface area (Å²) in [6, 6.07) is 12.3. The molecule has 3 saturated heterocycles. The molecule has 2 bridgehead atoms. The van der Waals surface area contributed by atoms with Gasteiger partial charge < -0.3 is 34.4 Å². The molecular formula is C42H54BrN3O8. The Morgan fingerprint density at radius 2 is 1.87 bits per heavy atom. The number of hydrogen-bond acceptors (Lipinski definition) is 8. The fourth-order valence-corrected chi connectivity index (χ4v) is 9.49. The molecule has 3 aliphatic heterocycles. The van der Waals surface area contributed by atoms with Gasteiger partial charge >= 0.3 is 5.97 Å². The van der Waals surface area contributed by atoms with Crippen LogP contribution in [0.2, 0.25) is 0 Å². The second-order valence-corrected chi connectivity index (χ2v) is 16.3. The maximum atomic E-state index is 15.2. The zero-order valence-corrected chi connectivity index (χ0v) is 33.5. The Kier molecular flexibility index (Phi) is 13.6. The number of aliphatic hydroxyl groups is 1. The van der Waals surface area contributed by atoms with Crippen LogP contribution in [0.3, 0.4) is 0 Å². The van der Waals surface area contributed by atoms with E-state index in [-0.39, 0.29) is 55.2 Å². The monoisotopic (exact) mass is 807 g/mol. The number of methoxy groups -OCH3 is 1. The SMILES string of the molecule is C=CCCC(=O)N[C@H](COC)[C@H](OC(=O)[C@@H]1[C@H]2O[C@@]3(CC2Br)[C@H](C(=O)N(CC=C)c2cc(C)ccc2C)N([C@@H](CO)CC(C)C)C(=O)[C@@H]13)c1ccccc1. The van der Waals surface area contributed by atoms with Crippen molar-refractivity contribution in [3.63, 3.8) is 0 Å². The fourth-order valence-electron chi connectivity index (χ4n) is 8.55. The van der Waals surface area contributed by atoms with Crippen molar-refractivity contribution >= 4 is 45.3 Å². The summed E-state index contributed by atoms with van der Waals surface area (Å²) in [4.78, 5) is 60.6. The van der Waals surface area contributed by atoms with E-state index in [1.165, 1.54) is 12.0 Å². The highest BCUT2D eigenvalue weighted by atomic mass is 79.9. The van der Waals surface area contributed by atoms with Crippen LogP contribution in [0.1, 0.15) is 62.3 Å². The quantitative estimate of drug-likeness (QED) is 0.117. The van der Waals surface area contributed by atoms with E-state index in [4.69, 9.17) is 14.2 Å². The number of benzene rings is 2. The molecule has 0 aromatic heterocycles. The molecule has 0 radical (unpaired) electrons. The summed E-state index contributed by atoms with van der Waals surface area (Å²) in [6.07, 6.45) is 2.92. The van der Waals surface area contributed by atoms with Crippen LogP contribution in [0.15, 0.2) is 73.8 Å². The molecule has 0 saturated carbocycles. The minimum atomic E-state index is -1.40. The third kappa shape index (κ3) is 8.08. The molecule has 3 fully saturated rings. The van der Waals surface area contributed by atoms with E-state index >= 15 is 9.59 Å². The molecule has 0 aliphatic carbocycles. The number of halogens is 1. The molecule has 3 amide bonds. The zero-order valence-electron chi connectivity index (χ0n) is 31.9. The number of anilines is 1. The molecule has 292 valence electrons. The van der Waals surface area contributed by atoms with Crippen molar-refractivity contribution in [2.24, 2.45) is 17.8 Å². The third-order valence-corrected chi connectivity index (χ3v) is 11.7. The molecule has 54 heavy (non-hydrogen) atoms. The van der Waals surface area contributed by atoms with Crippen LogP contribution in [-0.2, 0) is 33.4 Å². The lowest BCUT2D eigenvalue weighted by Gasteiger charge is -2.40. The van der Waals surface area contributed by atoms with E-state index in [9.17, 15) is 14.7 Å². The first kappa shape index (κ1) is 41.3. The number of allylic oxidation sites excluding steroid dienone is 1. The van der Waals surface area contributed by atoms with Crippen LogP contribution in [0.25, 0.3) is 0 Å². The summed E-state index contributed by atoms with van der Waals surface area (Å²) in [6.45, 7) is 15.3. The number of ether oxygens (including phenoxy) is 3. The van der Waals surface area contributed by atoms with Crippen LogP contribution in [0.5, 0.6) is 0 Å². The number of likely N-dealkylation sites (tertiary alicyclic amines) is 1. The van der Waals surface area contributed by atoms with Gasteiger partial charge in [-0.3, -0.25) is 19.2 Å². The number of aryl methyl sites for hydroxylation is 2. The number of hydrogen-bond donors (Lipinski definition) is 2. The van der Waals surface area contributed by atoms with Crippen LogP contribution >= 0.6 is 15.9 Å². The van der Waals surface area contributed by atoms with E-state index in [0.29, 0.717) is 24.1 Å². The molecule has 1 spiro atoms. The fraction of sp³-hybridized carbons (Fsp3) is 0.524. The zero-order chi connectivity index (χ0) is 39.3. The molecule has 9 atom stereocenters. The number of fused-ring (bicyclic) bond motifs is 1. The average Bonchev–Trinajstić information content (AvgIpc) is 3.75. The Bertz CT molecular complexity index is 1700. The summed E-state index contributed by atoms with van der Waals surface area (Å²) in [5.41, 5.74) is 1.74. The first-order chi connectivity index (χ1) is 25.8. The summed E-state index contributed by atoms with van der Waals surface area (Å²) < 4.78 is 18.7. The smallest absolute Gasteiger partial charge is 0.313 e. The second kappa shape index (κ2) is 17.7. The second-order valence-electron chi connectivity index (χ2n) is 15.1. The van der Waals surface area contributed by atoms with Crippen LogP contribution < -0.4 is 10.2 Å². The van der Waals surface area contributed by atoms with Gasteiger partial charge in [0.25, 0.3) is 5.91 Å². The predicted molar refractivity (Wildman–Crippen MR) is 210 cm³/mol. The van der Waals surface area contributed by atoms with E-state index in [1.807, 2.05) is 64.1 Å². The average molecular weight is 809 g/mol. The van der Waals surface area contributed by atoms with Crippen molar-refractivity contribution in [1.82, 2.24) is 10.2 Å². The Morgan fingerprint density at radius 3 is 2.50 bits per heavy atom. The lowest BCUT2D eigenvalue weighted by Crippen LogP contribution is -2.59. The van der Waals surface area contributed by atoms with E-state index in [2.05, 4.69) is 34.4 Å². The van der Waals surface area contributed by atoms with Gasteiger partial charge in [0, 0.05) is 30.6 Å². The van der Waals surface area contributed by atoms with Gasteiger partial charge in [0.05, 0.1) is 43.2 Å². The van der Waals surface area contributed by atoms with Crippen molar-refractivity contribution in [3.05, 3.63) is 90.5 Å². The molecular weight excluding hydrogens is 754 g/mol. The number of alkyl halides is 1. The molecule has 5 rings (SSSR count).